The SMILES string of the molecule is CC(=O)c1ccc(Nc2ncc3c(n2)N(C)c2ccccc2C(=O)N3C)c(O)c1. The van der Waals surface area contributed by atoms with Crippen LogP contribution in [0.25, 0.3) is 0 Å². The number of nitrogens with zero attached hydrogens (tertiary/aromatic N) is 4. The summed E-state index contributed by atoms with van der Waals surface area (Å²) in [7, 11) is 3.51. The van der Waals surface area contributed by atoms with Crippen LogP contribution in [0, 0.1) is 0 Å². The summed E-state index contributed by atoms with van der Waals surface area (Å²) in [5, 5.41) is 13.2. The Morgan fingerprint density at radius 1 is 1.07 bits per heavy atom. The molecule has 0 saturated heterocycles. The lowest BCUT2D eigenvalue weighted by molar-refractivity contribution is 0.0991. The molecule has 8 heteroatoms. The van der Waals surface area contributed by atoms with Crippen molar-refractivity contribution in [3.63, 3.8) is 0 Å². The molecule has 8 nitrogen and oxygen atoms in total. The van der Waals surface area contributed by atoms with Crippen LogP contribution in [0.5, 0.6) is 5.75 Å². The minimum absolute atomic E-state index is 0.0813. The van der Waals surface area contributed by atoms with Gasteiger partial charge in [-0.2, -0.15) is 4.98 Å². The van der Waals surface area contributed by atoms with Crippen molar-refractivity contribution in [1.29, 1.82) is 0 Å². The molecule has 2 N–H and O–H groups in total. The fraction of sp³-hybridized carbons (Fsp3) is 0.143. The lowest BCUT2D eigenvalue weighted by Gasteiger charge is -2.21. The van der Waals surface area contributed by atoms with Crippen molar-refractivity contribution >= 4 is 40.5 Å². The number of rotatable bonds is 3. The van der Waals surface area contributed by atoms with Crippen LogP contribution in [0.15, 0.2) is 48.7 Å². The Kier molecular flexibility index (Phi) is 4.38. The lowest BCUT2D eigenvalue weighted by atomic mass is 10.1. The third-order valence-corrected chi connectivity index (χ3v) is 4.88. The summed E-state index contributed by atoms with van der Waals surface area (Å²) in [5.74, 6) is 0.432. The smallest absolute Gasteiger partial charge is 0.260 e. The van der Waals surface area contributed by atoms with E-state index in [1.165, 1.54) is 17.9 Å². The minimum atomic E-state index is -0.145. The Morgan fingerprint density at radius 2 is 1.83 bits per heavy atom. The van der Waals surface area contributed by atoms with Gasteiger partial charge in [-0.05, 0) is 37.3 Å². The normalized spacial score (nSPS) is 12.9. The van der Waals surface area contributed by atoms with Gasteiger partial charge in [-0.25, -0.2) is 4.98 Å². The molecule has 0 aliphatic carbocycles. The number of carbonyl (C=O) groups is 2. The molecule has 0 saturated carbocycles. The van der Waals surface area contributed by atoms with E-state index in [-0.39, 0.29) is 23.4 Å². The summed E-state index contributed by atoms with van der Waals surface area (Å²) < 4.78 is 0. The number of phenols is 1. The quantitative estimate of drug-likeness (QED) is 0.523. The van der Waals surface area contributed by atoms with Gasteiger partial charge in [-0.1, -0.05) is 12.1 Å². The number of benzene rings is 2. The summed E-state index contributed by atoms with van der Waals surface area (Å²) in [6.07, 6.45) is 1.56. The van der Waals surface area contributed by atoms with Crippen molar-refractivity contribution in [2.75, 3.05) is 29.2 Å². The number of carbonyl (C=O) groups excluding carboxylic acids is 2. The highest BCUT2D eigenvalue weighted by atomic mass is 16.3. The van der Waals surface area contributed by atoms with E-state index in [1.54, 1.807) is 31.4 Å². The van der Waals surface area contributed by atoms with Gasteiger partial charge in [0.05, 0.1) is 23.1 Å². The first kappa shape index (κ1) is 18.4. The molecule has 0 fully saturated rings. The number of aromatic hydroxyl groups is 1. The van der Waals surface area contributed by atoms with E-state index < -0.39 is 0 Å². The predicted molar refractivity (Wildman–Crippen MR) is 111 cm³/mol. The number of aromatic nitrogens is 2. The first-order valence-electron chi connectivity index (χ1n) is 8.95. The van der Waals surface area contributed by atoms with E-state index >= 15 is 0 Å². The van der Waals surface area contributed by atoms with E-state index in [4.69, 9.17) is 0 Å². The zero-order valence-electron chi connectivity index (χ0n) is 16.2. The van der Waals surface area contributed by atoms with Crippen molar-refractivity contribution in [2.45, 2.75) is 6.92 Å². The largest absolute Gasteiger partial charge is 0.506 e. The molecule has 4 rings (SSSR count). The number of ketones is 1. The summed E-state index contributed by atoms with van der Waals surface area (Å²) in [6.45, 7) is 1.43. The average Bonchev–Trinajstić information content (AvgIpc) is 2.80. The zero-order valence-corrected chi connectivity index (χ0v) is 16.2. The molecule has 0 atom stereocenters. The highest BCUT2D eigenvalue weighted by Crippen LogP contribution is 2.38. The van der Waals surface area contributed by atoms with Crippen LogP contribution in [0.3, 0.4) is 0 Å². The summed E-state index contributed by atoms with van der Waals surface area (Å²) in [6, 6.07) is 11.9. The predicted octanol–water partition coefficient (Wildman–Crippen LogP) is 3.49. The molecule has 0 unspecified atom stereocenters. The Bertz CT molecular complexity index is 1140. The second-order valence-corrected chi connectivity index (χ2v) is 6.76. The standard InChI is InChI=1S/C21H19N5O3/c1-12(27)13-8-9-15(18(28)10-13)23-21-22-11-17-19(24-21)25(2)16-7-5-4-6-14(16)20(29)26(17)3/h4-11,28H,1-3H3,(H,22,23,24). The van der Waals surface area contributed by atoms with E-state index in [0.717, 1.165) is 5.69 Å². The summed E-state index contributed by atoms with van der Waals surface area (Å²) >= 11 is 0. The monoisotopic (exact) mass is 389 g/mol. The average molecular weight is 389 g/mol. The molecule has 0 radical (unpaired) electrons. The van der Waals surface area contributed by atoms with Crippen LogP contribution in [0.1, 0.15) is 27.6 Å². The van der Waals surface area contributed by atoms with Crippen LogP contribution in [0.2, 0.25) is 0 Å². The van der Waals surface area contributed by atoms with Gasteiger partial charge in [0.25, 0.3) is 5.91 Å². The van der Waals surface area contributed by atoms with Gasteiger partial charge < -0.3 is 20.2 Å². The molecule has 3 aromatic rings. The Morgan fingerprint density at radius 3 is 2.55 bits per heavy atom. The van der Waals surface area contributed by atoms with E-state index in [9.17, 15) is 14.7 Å². The zero-order chi connectivity index (χ0) is 20.7. The van der Waals surface area contributed by atoms with Gasteiger partial charge in [-0.3, -0.25) is 9.59 Å². The molecule has 1 aromatic heterocycles. The van der Waals surface area contributed by atoms with Crippen molar-refractivity contribution in [2.24, 2.45) is 0 Å². The fourth-order valence-corrected chi connectivity index (χ4v) is 3.24. The van der Waals surface area contributed by atoms with Crippen molar-refractivity contribution in [3.05, 3.63) is 59.8 Å². The maximum atomic E-state index is 12.8. The molecule has 0 spiro atoms. The first-order valence-corrected chi connectivity index (χ1v) is 8.95. The molecule has 2 aromatic carbocycles. The number of phenolic OH excluding ortho intramolecular Hbond substituents is 1. The highest BCUT2D eigenvalue weighted by Gasteiger charge is 2.28. The van der Waals surface area contributed by atoms with Crippen molar-refractivity contribution in [3.8, 4) is 5.75 Å². The summed E-state index contributed by atoms with van der Waals surface area (Å²) in [4.78, 5) is 36.5. The van der Waals surface area contributed by atoms with Gasteiger partial charge >= 0.3 is 0 Å². The van der Waals surface area contributed by atoms with Crippen LogP contribution >= 0.6 is 0 Å². The van der Waals surface area contributed by atoms with Crippen LogP contribution in [-0.4, -0.2) is 40.9 Å². The number of hydrogen-bond donors (Lipinski definition) is 2. The van der Waals surface area contributed by atoms with E-state index in [2.05, 4.69) is 15.3 Å². The highest BCUT2D eigenvalue weighted by molar-refractivity contribution is 6.13. The number of para-hydroxylation sites is 1. The second-order valence-electron chi connectivity index (χ2n) is 6.76. The molecule has 1 aliphatic rings. The molecular formula is C21H19N5O3. The molecule has 146 valence electrons. The number of hydrogen-bond acceptors (Lipinski definition) is 7. The fourth-order valence-electron chi connectivity index (χ4n) is 3.24. The first-order chi connectivity index (χ1) is 13.9. The van der Waals surface area contributed by atoms with Crippen molar-refractivity contribution in [1.82, 2.24) is 9.97 Å². The minimum Gasteiger partial charge on any atom is -0.506 e. The number of nitrogens with one attached hydrogen (secondary N) is 1. The molecule has 2 heterocycles. The molecule has 1 amide bonds. The number of fused-ring (bicyclic) bond motifs is 2. The maximum absolute atomic E-state index is 12.8. The second kappa shape index (κ2) is 6.90. The van der Waals surface area contributed by atoms with Crippen molar-refractivity contribution < 1.29 is 14.7 Å². The Labute approximate surface area is 167 Å². The van der Waals surface area contributed by atoms with Crippen LogP contribution in [-0.2, 0) is 0 Å². The Balaban J connectivity index is 1.74. The van der Waals surface area contributed by atoms with Gasteiger partial charge in [0.15, 0.2) is 11.6 Å². The third kappa shape index (κ3) is 3.14. The summed E-state index contributed by atoms with van der Waals surface area (Å²) in [5.41, 5.74) is 2.66. The van der Waals surface area contributed by atoms with E-state index in [0.29, 0.717) is 28.3 Å². The Hall–Kier alpha value is -3.94. The molecule has 1 aliphatic heterocycles. The molecule has 0 bridgehead atoms. The number of anilines is 5. The topological polar surface area (TPSA) is 98.7 Å². The molecule has 29 heavy (non-hydrogen) atoms. The maximum Gasteiger partial charge on any atom is 0.260 e. The number of Topliss-reactive ketones (excluding diaryl/α,β-unsaturated/α-hetero) is 1. The molecular weight excluding hydrogens is 370 g/mol. The van der Waals surface area contributed by atoms with Gasteiger partial charge in [0.1, 0.15) is 11.4 Å². The third-order valence-electron chi connectivity index (χ3n) is 4.88. The van der Waals surface area contributed by atoms with Crippen LogP contribution < -0.4 is 15.1 Å². The lowest BCUT2D eigenvalue weighted by Crippen LogP contribution is -2.25. The van der Waals surface area contributed by atoms with Crippen LogP contribution in [0.4, 0.5) is 28.8 Å². The van der Waals surface area contributed by atoms with E-state index in [1.807, 2.05) is 30.1 Å². The van der Waals surface area contributed by atoms with Gasteiger partial charge in [-0.15, -0.1) is 0 Å². The van der Waals surface area contributed by atoms with Gasteiger partial charge in [0.2, 0.25) is 5.95 Å². The van der Waals surface area contributed by atoms with Gasteiger partial charge in [0, 0.05) is 19.7 Å². The number of amides is 1.